The Morgan fingerprint density at radius 3 is 2.70 bits per heavy atom. The third-order valence-corrected chi connectivity index (χ3v) is 4.85. The lowest BCUT2D eigenvalue weighted by molar-refractivity contribution is 0.452. The van der Waals surface area contributed by atoms with Gasteiger partial charge in [0.15, 0.2) is 5.43 Å². The molecule has 4 rings (SSSR count). The molecule has 2 heterocycles. The second kappa shape index (κ2) is 6.83. The smallest absolute Gasteiger partial charge is 0.197 e. The molecule has 0 unspecified atom stereocenters. The van der Waals surface area contributed by atoms with Crippen molar-refractivity contribution in [2.24, 2.45) is 0 Å². The minimum absolute atomic E-state index is 0.0692. The zero-order valence-electron chi connectivity index (χ0n) is 15.1. The van der Waals surface area contributed by atoms with Gasteiger partial charge in [-0.05, 0) is 30.7 Å². The fourth-order valence-corrected chi connectivity index (χ4v) is 3.48. The van der Waals surface area contributed by atoms with Crippen molar-refractivity contribution >= 4 is 21.9 Å². The van der Waals surface area contributed by atoms with Crippen LogP contribution in [0.3, 0.4) is 0 Å². The van der Waals surface area contributed by atoms with Crippen LogP contribution < -0.4 is 5.43 Å². The average molecular weight is 363 g/mol. The number of unbranched alkanes of at least 4 members (excludes halogenated alkanes) is 2. The second-order valence-electron chi connectivity index (χ2n) is 6.80. The first-order chi connectivity index (χ1) is 13.1. The Kier molecular flexibility index (Phi) is 4.36. The van der Waals surface area contributed by atoms with Crippen molar-refractivity contribution < 1.29 is 14.6 Å². The van der Waals surface area contributed by atoms with Crippen LogP contribution >= 0.6 is 0 Å². The molecular formula is C22H21NO4. The maximum absolute atomic E-state index is 12.4. The molecule has 0 fully saturated rings. The van der Waals surface area contributed by atoms with E-state index in [4.69, 9.17) is 4.42 Å². The van der Waals surface area contributed by atoms with Crippen LogP contribution in [0, 0.1) is 0 Å². The highest BCUT2D eigenvalue weighted by Gasteiger charge is 2.13. The van der Waals surface area contributed by atoms with Crippen molar-refractivity contribution in [2.75, 3.05) is 0 Å². The summed E-state index contributed by atoms with van der Waals surface area (Å²) in [4.78, 5) is 12.4. The van der Waals surface area contributed by atoms with Gasteiger partial charge in [0.1, 0.15) is 28.2 Å². The van der Waals surface area contributed by atoms with Crippen LogP contribution in [0.4, 0.5) is 0 Å². The average Bonchev–Trinajstić information content (AvgIpc) is 3.03. The molecule has 2 aromatic carbocycles. The fourth-order valence-electron chi connectivity index (χ4n) is 3.48. The first-order valence-corrected chi connectivity index (χ1v) is 9.16. The molecule has 2 N–H and O–H groups in total. The van der Waals surface area contributed by atoms with Crippen molar-refractivity contribution in [3.05, 3.63) is 58.9 Å². The maximum Gasteiger partial charge on any atom is 0.197 e. The van der Waals surface area contributed by atoms with Gasteiger partial charge in [0, 0.05) is 47.4 Å². The monoisotopic (exact) mass is 363 g/mol. The van der Waals surface area contributed by atoms with E-state index in [1.54, 1.807) is 0 Å². The molecule has 0 amide bonds. The van der Waals surface area contributed by atoms with Crippen molar-refractivity contribution in [1.82, 2.24) is 4.57 Å². The fraction of sp³-hybridized carbons (Fsp3) is 0.227. The van der Waals surface area contributed by atoms with Gasteiger partial charge in [-0.3, -0.25) is 4.79 Å². The molecule has 0 aliphatic heterocycles. The van der Waals surface area contributed by atoms with Crippen molar-refractivity contribution in [1.29, 1.82) is 0 Å². The van der Waals surface area contributed by atoms with Gasteiger partial charge >= 0.3 is 0 Å². The SMILES string of the molecule is CCCCCn1ccc2cc(-c3cc(=O)c4c(O)cc(O)cc4o3)ccc21. The molecule has 0 aliphatic rings. The lowest BCUT2D eigenvalue weighted by atomic mass is 10.1. The van der Waals surface area contributed by atoms with Gasteiger partial charge in [0.25, 0.3) is 0 Å². The standard InChI is InChI=1S/C22H21NO4/c1-2-3-4-8-23-9-7-14-10-15(5-6-17(14)23)20-13-19(26)22-18(25)11-16(24)12-21(22)27-20/h5-7,9-13,24-25H,2-4,8H2,1H3. The number of phenolic OH excluding ortho intramolecular Hbond substituents is 2. The van der Waals surface area contributed by atoms with Crippen molar-refractivity contribution in [3.63, 3.8) is 0 Å². The summed E-state index contributed by atoms with van der Waals surface area (Å²) in [6, 6.07) is 11.8. The van der Waals surface area contributed by atoms with Crippen LogP contribution in [-0.4, -0.2) is 14.8 Å². The van der Waals surface area contributed by atoms with Crippen LogP contribution in [0.5, 0.6) is 11.5 Å². The molecule has 0 aliphatic carbocycles. The largest absolute Gasteiger partial charge is 0.508 e. The number of nitrogens with zero attached hydrogens (tertiary/aromatic N) is 1. The van der Waals surface area contributed by atoms with E-state index in [1.807, 2.05) is 18.2 Å². The molecule has 4 aromatic rings. The number of benzene rings is 2. The topological polar surface area (TPSA) is 75.6 Å². The highest BCUT2D eigenvalue weighted by atomic mass is 16.3. The van der Waals surface area contributed by atoms with E-state index in [0.717, 1.165) is 35.5 Å². The summed E-state index contributed by atoms with van der Waals surface area (Å²) in [6.07, 6.45) is 5.63. The molecule has 0 atom stereocenters. The van der Waals surface area contributed by atoms with E-state index in [9.17, 15) is 15.0 Å². The van der Waals surface area contributed by atoms with E-state index >= 15 is 0 Å². The summed E-state index contributed by atoms with van der Waals surface area (Å²) in [5, 5.41) is 20.7. The lowest BCUT2D eigenvalue weighted by Gasteiger charge is -2.07. The van der Waals surface area contributed by atoms with Gasteiger partial charge in [-0.2, -0.15) is 0 Å². The third-order valence-electron chi connectivity index (χ3n) is 4.85. The molecule has 2 aromatic heterocycles. The van der Waals surface area contributed by atoms with E-state index in [0.29, 0.717) is 5.76 Å². The number of aromatic nitrogens is 1. The second-order valence-corrected chi connectivity index (χ2v) is 6.80. The molecule has 0 saturated carbocycles. The lowest BCUT2D eigenvalue weighted by Crippen LogP contribution is -2.00. The predicted octanol–water partition coefficient (Wildman–Crippen LogP) is 5.02. The number of rotatable bonds is 5. The summed E-state index contributed by atoms with van der Waals surface area (Å²) in [5.41, 5.74) is 1.73. The molecule has 5 nitrogen and oxygen atoms in total. The van der Waals surface area contributed by atoms with Gasteiger partial charge in [-0.15, -0.1) is 0 Å². The van der Waals surface area contributed by atoms with Crippen LogP contribution in [-0.2, 0) is 6.54 Å². The third kappa shape index (κ3) is 3.16. The highest BCUT2D eigenvalue weighted by Crippen LogP contribution is 2.31. The van der Waals surface area contributed by atoms with E-state index < -0.39 is 0 Å². The van der Waals surface area contributed by atoms with E-state index in [2.05, 4.69) is 23.8 Å². The van der Waals surface area contributed by atoms with Gasteiger partial charge in [0.2, 0.25) is 0 Å². The predicted molar refractivity (Wildman–Crippen MR) is 106 cm³/mol. The van der Waals surface area contributed by atoms with Crippen LogP contribution in [0.2, 0.25) is 0 Å². The Morgan fingerprint density at radius 2 is 1.89 bits per heavy atom. The Morgan fingerprint density at radius 1 is 1.04 bits per heavy atom. The molecule has 138 valence electrons. The summed E-state index contributed by atoms with van der Waals surface area (Å²) < 4.78 is 8.04. The Labute approximate surface area is 156 Å². The number of phenols is 2. The number of hydrogen-bond donors (Lipinski definition) is 2. The van der Waals surface area contributed by atoms with Gasteiger partial charge in [-0.25, -0.2) is 0 Å². The molecule has 0 radical (unpaired) electrons. The maximum atomic E-state index is 12.4. The number of hydrogen-bond acceptors (Lipinski definition) is 4. The summed E-state index contributed by atoms with van der Waals surface area (Å²) >= 11 is 0. The number of aryl methyl sites for hydroxylation is 1. The molecule has 0 saturated heterocycles. The van der Waals surface area contributed by atoms with Crippen molar-refractivity contribution in [2.45, 2.75) is 32.7 Å². The van der Waals surface area contributed by atoms with Crippen molar-refractivity contribution in [3.8, 4) is 22.8 Å². The minimum atomic E-state index is -0.346. The Bertz CT molecular complexity index is 1190. The summed E-state index contributed by atoms with van der Waals surface area (Å²) in [6.45, 7) is 3.18. The molecule has 5 heteroatoms. The minimum Gasteiger partial charge on any atom is -0.508 e. The van der Waals surface area contributed by atoms with Gasteiger partial charge < -0.3 is 19.2 Å². The number of fused-ring (bicyclic) bond motifs is 2. The summed E-state index contributed by atoms with van der Waals surface area (Å²) in [5.74, 6) is -0.0389. The molecule has 27 heavy (non-hydrogen) atoms. The summed E-state index contributed by atoms with van der Waals surface area (Å²) in [7, 11) is 0. The van der Waals surface area contributed by atoms with E-state index in [-0.39, 0.29) is 27.9 Å². The zero-order valence-corrected chi connectivity index (χ0v) is 15.1. The van der Waals surface area contributed by atoms with Gasteiger partial charge in [0.05, 0.1) is 0 Å². The Hall–Kier alpha value is -3.21. The number of aromatic hydroxyl groups is 2. The zero-order chi connectivity index (χ0) is 19.0. The Balaban J connectivity index is 1.77. The first-order valence-electron chi connectivity index (χ1n) is 9.16. The molecule has 0 spiro atoms. The first kappa shape index (κ1) is 17.2. The van der Waals surface area contributed by atoms with Crippen LogP contribution in [0.1, 0.15) is 26.2 Å². The normalized spacial score (nSPS) is 11.4. The van der Waals surface area contributed by atoms with Crippen LogP contribution in [0.15, 0.2) is 57.9 Å². The molecule has 0 bridgehead atoms. The molecular weight excluding hydrogens is 342 g/mol. The van der Waals surface area contributed by atoms with Gasteiger partial charge in [-0.1, -0.05) is 19.8 Å². The highest BCUT2D eigenvalue weighted by molar-refractivity contribution is 5.88. The quantitative estimate of drug-likeness (QED) is 0.488. The van der Waals surface area contributed by atoms with E-state index in [1.165, 1.54) is 25.0 Å². The van der Waals surface area contributed by atoms with Crippen LogP contribution in [0.25, 0.3) is 33.2 Å².